The van der Waals surface area contributed by atoms with Crippen molar-refractivity contribution < 1.29 is 4.92 Å². The Labute approximate surface area is 86.2 Å². The normalized spacial score (nSPS) is 9.92. The van der Waals surface area contributed by atoms with E-state index in [1.54, 1.807) is 0 Å². The van der Waals surface area contributed by atoms with Crippen LogP contribution in [0.15, 0.2) is 21.1 Å². The first-order valence-electron chi connectivity index (χ1n) is 3.12. The second kappa shape index (κ2) is 3.53. The minimum absolute atomic E-state index is 0.0827. The molecule has 0 aliphatic rings. The number of nitro groups is 1. The molecule has 0 aromatic heterocycles. The first kappa shape index (κ1) is 9.67. The van der Waals surface area contributed by atoms with E-state index in [-0.39, 0.29) is 5.69 Å². The topological polar surface area (TPSA) is 43.1 Å². The summed E-state index contributed by atoms with van der Waals surface area (Å²) in [5, 5.41) is 10.4. The number of hydrogen-bond acceptors (Lipinski definition) is 2. The van der Waals surface area contributed by atoms with Gasteiger partial charge in [-0.25, -0.2) is 0 Å². The second-order valence-corrected chi connectivity index (χ2v) is 4.00. The fourth-order valence-corrected chi connectivity index (χ4v) is 1.90. The molecule has 1 aromatic rings. The molecule has 64 valence electrons. The highest BCUT2D eigenvalue weighted by Crippen LogP contribution is 2.29. The zero-order valence-corrected chi connectivity index (χ0v) is 9.35. The van der Waals surface area contributed by atoms with Crippen molar-refractivity contribution >= 4 is 37.5 Å². The molecule has 0 saturated carbocycles. The van der Waals surface area contributed by atoms with E-state index in [1.807, 2.05) is 6.92 Å². The summed E-state index contributed by atoms with van der Waals surface area (Å²) in [6.07, 6.45) is 0. The molecule has 0 atom stereocenters. The number of halogens is 2. The molecule has 0 unspecified atom stereocenters. The van der Waals surface area contributed by atoms with Gasteiger partial charge in [0.15, 0.2) is 0 Å². The van der Waals surface area contributed by atoms with E-state index in [1.165, 1.54) is 12.1 Å². The highest BCUT2D eigenvalue weighted by Gasteiger charge is 2.10. The van der Waals surface area contributed by atoms with Gasteiger partial charge < -0.3 is 0 Å². The Balaban J connectivity index is 3.31. The first-order valence-corrected chi connectivity index (χ1v) is 4.71. The van der Waals surface area contributed by atoms with Crippen LogP contribution >= 0.6 is 31.9 Å². The maximum absolute atomic E-state index is 10.4. The molecule has 0 fully saturated rings. The van der Waals surface area contributed by atoms with Crippen LogP contribution in [0, 0.1) is 17.0 Å². The van der Waals surface area contributed by atoms with E-state index < -0.39 is 4.92 Å². The molecule has 5 heteroatoms. The summed E-state index contributed by atoms with van der Waals surface area (Å²) in [6, 6.07) is 2.97. The highest BCUT2D eigenvalue weighted by molar-refractivity contribution is 9.11. The smallest absolute Gasteiger partial charge is 0.258 e. The lowest BCUT2D eigenvalue weighted by Crippen LogP contribution is -1.89. The number of hydrogen-bond donors (Lipinski definition) is 0. The third-order valence-electron chi connectivity index (χ3n) is 1.48. The fraction of sp³-hybridized carbons (Fsp3) is 0.143. The first-order chi connectivity index (χ1) is 5.52. The summed E-state index contributed by atoms with van der Waals surface area (Å²) >= 11 is 6.46. The van der Waals surface area contributed by atoms with Crippen LogP contribution in [0.1, 0.15) is 5.56 Å². The second-order valence-electron chi connectivity index (χ2n) is 2.29. The number of benzene rings is 1. The fourth-order valence-electron chi connectivity index (χ4n) is 0.737. The maximum Gasteiger partial charge on any atom is 0.271 e. The van der Waals surface area contributed by atoms with Gasteiger partial charge in [-0.05, 0) is 12.5 Å². The molecule has 0 saturated heterocycles. The Morgan fingerprint density at radius 3 is 2.08 bits per heavy atom. The van der Waals surface area contributed by atoms with Crippen LogP contribution in [0.4, 0.5) is 5.69 Å². The van der Waals surface area contributed by atoms with Crippen molar-refractivity contribution in [3.05, 3.63) is 36.8 Å². The van der Waals surface area contributed by atoms with Crippen molar-refractivity contribution in [1.29, 1.82) is 0 Å². The summed E-state index contributed by atoms with van der Waals surface area (Å²) < 4.78 is 1.48. The van der Waals surface area contributed by atoms with Gasteiger partial charge in [0.05, 0.1) is 4.92 Å². The van der Waals surface area contributed by atoms with Crippen LogP contribution in [0.25, 0.3) is 0 Å². The molecule has 0 aliphatic carbocycles. The van der Waals surface area contributed by atoms with Gasteiger partial charge in [0.1, 0.15) is 0 Å². The van der Waals surface area contributed by atoms with E-state index in [0.29, 0.717) is 0 Å². The lowest BCUT2D eigenvalue weighted by Gasteiger charge is -2.00. The summed E-state index contributed by atoms with van der Waals surface area (Å²) in [7, 11) is 0. The van der Waals surface area contributed by atoms with Gasteiger partial charge in [0.25, 0.3) is 5.69 Å². The van der Waals surface area contributed by atoms with Gasteiger partial charge in [-0.2, -0.15) is 0 Å². The Morgan fingerprint density at radius 1 is 1.33 bits per heavy atom. The highest BCUT2D eigenvalue weighted by atomic mass is 79.9. The lowest BCUT2D eigenvalue weighted by molar-refractivity contribution is -0.385. The summed E-state index contributed by atoms with van der Waals surface area (Å²) in [5.74, 6) is 0. The van der Waals surface area contributed by atoms with Crippen LogP contribution in [0.2, 0.25) is 0 Å². The van der Waals surface area contributed by atoms with Gasteiger partial charge in [-0.1, -0.05) is 31.9 Å². The monoisotopic (exact) mass is 293 g/mol. The zero-order valence-electron chi connectivity index (χ0n) is 6.17. The van der Waals surface area contributed by atoms with Gasteiger partial charge in [0, 0.05) is 21.1 Å². The molecular weight excluding hydrogens is 290 g/mol. The molecule has 1 aromatic carbocycles. The zero-order chi connectivity index (χ0) is 9.30. The molecule has 0 N–H and O–H groups in total. The van der Waals surface area contributed by atoms with Crippen molar-refractivity contribution in [1.82, 2.24) is 0 Å². The lowest BCUT2D eigenvalue weighted by atomic mass is 10.2. The summed E-state index contributed by atoms with van der Waals surface area (Å²) in [5.41, 5.74) is 1.04. The molecule has 0 radical (unpaired) electrons. The molecule has 3 nitrogen and oxygen atoms in total. The molecule has 0 aliphatic heterocycles. The minimum Gasteiger partial charge on any atom is -0.258 e. The third-order valence-corrected chi connectivity index (χ3v) is 3.12. The average Bonchev–Trinajstić information content (AvgIpc) is 1.99. The van der Waals surface area contributed by atoms with Crippen molar-refractivity contribution in [3.63, 3.8) is 0 Å². The van der Waals surface area contributed by atoms with E-state index >= 15 is 0 Å². The van der Waals surface area contributed by atoms with Crippen LogP contribution in [-0.4, -0.2) is 4.92 Å². The average molecular weight is 295 g/mol. The van der Waals surface area contributed by atoms with Crippen molar-refractivity contribution in [2.24, 2.45) is 0 Å². The number of nitrogens with zero attached hydrogens (tertiary/aromatic N) is 1. The molecular formula is C7H5Br2NO2. The molecule has 0 bridgehead atoms. The number of non-ortho nitro benzene ring substituents is 1. The predicted molar refractivity (Wildman–Crippen MR) is 53.2 cm³/mol. The maximum atomic E-state index is 10.4. The summed E-state index contributed by atoms with van der Waals surface area (Å²) in [4.78, 5) is 9.96. The molecule has 0 heterocycles. The van der Waals surface area contributed by atoms with Crippen LogP contribution in [-0.2, 0) is 0 Å². The Kier molecular flexibility index (Phi) is 2.85. The van der Waals surface area contributed by atoms with E-state index in [9.17, 15) is 10.1 Å². The minimum atomic E-state index is -0.422. The SMILES string of the molecule is Cc1c(Br)cc([N+](=O)[O-])cc1Br. The van der Waals surface area contributed by atoms with Crippen molar-refractivity contribution in [2.45, 2.75) is 6.92 Å². The predicted octanol–water partition coefficient (Wildman–Crippen LogP) is 3.43. The standard InChI is InChI=1S/C7H5Br2NO2/c1-4-6(8)2-5(10(11)12)3-7(4)9/h2-3H,1H3. The molecule has 1 rings (SSSR count). The van der Waals surface area contributed by atoms with Gasteiger partial charge in [-0.15, -0.1) is 0 Å². The van der Waals surface area contributed by atoms with Crippen LogP contribution in [0.3, 0.4) is 0 Å². The van der Waals surface area contributed by atoms with E-state index in [0.717, 1.165) is 14.5 Å². The Morgan fingerprint density at radius 2 is 1.75 bits per heavy atom. The van der Waals surface area contributed by atoms with Crippen molar-refractivity contribution in [2.75, 3.05) is 0 Å². The Hall–Kier alpha value is -0.420. The van der Waals surface area contributed by atoms with Gasteiger partial charge in [0.2, 0.25) is 0 Å². The number of nitro benzene ring substituents is 1. The van der Waals surface area contributed by atoms with Gasteiger partial charge >= 0.3 is 0 Å². The van der Waals surface area contributed by atoms with E-state index in [4.69, 9.17) is 0 Å². The quantitative estimate of drug-likeness (QED) is 0.588. The molecule has 12 heavy (non-hydrogen) atoms. The van der Waals surface area contributed by atoms with Crippen LogP contribution in [0.5, 0.6) is 0 Å². The largest absolute Gasteiger partial charge is 0.271 e. The molecule has 0 spiro atoms. The van der Waals surface area contributed by atoms with Crippen LogP contribution < -0.4 is 0 Å². The van der Waals surface area contributed by atoms with E-state index in [2.05, 4.69) is 31.9 Å². The van der Waals surface area contributed by atoms with Gasteiger partial charge in [-0.3, -0.25) is 10.1 Å². The molecule has 0 amide bonds. The Bertz CT molecular complexity index is 315. The third kappa shape index (κ3) is 1.84. The van der Waals surface area contributed by atoms with Crippen molar-refractivity contribution in [3.8, 4) is 0 Å². The number of rotatable bonds is 1. The summed E-state index contributed by atoms with van der Waals surface area (Å²) in [6.45, 7) is 1.87.